The van der Waals surface area contributed by atoms with Gasteiger partial charge in [0.25, 0.3) is 0 Å². The third kappa shape index (κ3) is 4.61. The summed E-state index contributed by atoms with van der Waals surface area (Å²) in [7, 11) is 1.73. The highest BCUT2D eigenvalue weighted by molar-refractivity contribution is 5.37. The Kier molecular flexibility index (Phi) is 6.49. The molecule has 0 radical (unpaired) electrons. The molecule has 0 amide bonds. The van der Waals surface area contributed by atoms with Crippen LogP contribution in [0.1, 0.15) is 30.7 Å². The van der Waals surface area contributed by atoms with E-state index in [9.17, 15) is 0 Å². The summed E-state index contributed by atoms with van der Waals surface area (Å²) in [5.74, 6) is 1.88. The topological polar surface area (TPSA) is 37.6 Å². The number of nitrogens with zero attached hydrogens (tertiary/aromatic N) is 1. The quantitative estimate of drug-likeness (QED) is 0.770. The molecule has 0 atom stereocenters. The third-order valence-electron chi connectivity index (χ3n) is 3.85. The SMILES string of the molecule is CCN(CC)Cc1ccc(CNCc2ccco2)c(OC)c1. The molecule has 0 saturated heterocycles. The van der Waals surface area contributed by atoms with Crippen LogP contribution in [0.5, 0.6) is 5.75 Å². The lowest BCUT2D eigenvalue weighted by Gasteiger charge is -2.19. The zero-order valence-electron chi connectivity index (χ0n) is 13.8. The third-order valence-corrected chi connectivity index (χ3v) is 3.85. The minimum absolute atomic E-state index is 0.720. The van der Waals surface area contributed by atoms with Crippen molar-refractivity contribution >= 4 is 0 Å². The maximum atomic E-state index is 5.54. The lowest BCUT2D eigenvalue weighted by Crippen LogP contribution is -2.22. The number of benzene rings is 1. The largest absolute Gasteiger partial charge is 0.496 e. The first kappa shape index (κ1) is 16.6. The molecular weight excluding hydrogens is 276 g/mol. The molecule has 0 aliphatic rings. The summed E-state index contributed by atoms with van der Waals surface area (Å²) in [6.07, 6.45) is 1.69. The molecule has 0 spiro atoms. The van der Waals surface area contributed by atoms with E-state index >= 15 is 0 Å². The van der Waals surface area contributed by atoms with E-state index in [1.54, 1.807) is 13.4 Å². The number of ether oxygens (including phenoxy) is 1. The van der Waals surface area contributed by atoms with Gasteiger partial charge in [0.1, 0.15) is 11.5 Å². The van der Waals surface area contributed by atoms with Crippen molar-refractivity contribution in [3.63, 3.8) is 0 Å². The van der Waals surface area contributed by atoms with Crippen LogP contribution in [0.2, 0.25) is 0 Å². The monoisotopic (exact) mass is 302 g/mol. The number of furan rings is 1. The first-order valence-corrected chi connectivity index (χ1v) is 7.88. The van der Waals surface area contributed by atoms with E-state index in [4.69, 9.17) is 9.15 Å². The van der Waals surface area contributed by atoms with Gasteiger partial charge in [-0.2, -0.15) is 0 Å². The van der Waals surface area contributed by atoms with Crippen LogP contribution in [0, 0.1) is 0 Å². The molecule has 1 aromatic carbocycles. The lowest BCUT2D eigenvalue weighted by atomic mass is 10.1. The predicted octanol–water partition coefficient (Wildman–Crippen LogP) is 3.42. The molecule has 2 aromatic rings. The lowest BCUT2D eigenvalue weighted by molar-refractivity contribution is 0.295. The van der Waals surface area contributed by atoms with E-state index in [1.807, 2.05) is 12.1 Å². The Hall–Kier alpha value is -1.78. The van der Waals surface area contributed by atoms with Gasteiger partial charge in [-0.1, -0.05) is 26.0 Å². The van der Waals surface area contributed by atoms with Crippen LogP contribution in [-0.2, 0) is 19.6 Å². The van der Waals surface area contributed by atoms with Gasteiger partial charge in [0.15, 0.2) is 0 Å². The molecule has 0 unspecified atom stereocenters. The Labute approximate surface area is 133 Å². The number of hydrogen-bond acceptors (Lipinski definition) is 4. The van der Waals surface area contributed by atoms with Gasteiger partial charge in [-0.25, -0.2) is 0 Å². The average Bonchev–Trinajstić information content (AvgIpc) is 3.06. The number of rotatable bonds is 9. The van der Waals surface area contributed by atoms with E-state index < -0.39 is 0 Å². The second kappa shape index (κ2) is 8.61. The van der Waals surface area contributed by atoms with E-state index in [0.29, 0.717) is 0 Å². The Bertz CT molecular complexity index is 548. The molecule has 1 aromatic heterocycles. The summed E-state index contributed by atoms with van der Waals surface area (Å²) in [6, 6.07) is 10.3. The van der Waals surface area contributed by atoms with E-state index in [2.05, 4.69) is 42.3 Å². The van der Waals surface area contributed by atoms with Crippen molar-refractivity contribution in [2.75, 3.05) is 20.2 Å². The normalized spacial score (nSPS) is 11.1. The minimum Gasteiger partial charge on any atom is -0.496 e. The molecule has 4 heteroatoms. The molecule has 0 saturated carbocycles. The van der Waals surface area contributed by atoms with Crippen molar-refractivity contribution in [2.24, 2.45) is 0 Å². The Balaban J connectivity index is 1.96. The van der Waals surface area contributed by atoms with E-state index in [1.165, 1.54) is 5.56 Å². The second-order valence-corrected chi connectivity index (χ2v) is 5.29. The van der Waals surface area contributed by atoms with Crippen LogP contribution < -0.4 is 10.1 Å². The van der Waals surface area contributed by atoms with Crippen molar-refractivity contribution in [1.29, 1.82) is 0 Å². The highest BCUT2D eigenvalue weighted by atomic mass is 16.5. The zero-order valence-corrected chi connectivity index (χ0v) is 13.8. The van der Waals surface area contributed by atoms with Gasteiger partial charge in [-0.3, -0.25) is 4.90 Å². The Morgan fingerprint density at radius 2 is 1.95 bits per heavy atom. The van der Waals surface area contributed by atoms with Crippen molar-refractivity contribution in [2.45, 2.75) is 33.5 Å². The number of nitrogens with one attached hydrogen (secondary N) is 1. The zero-order chi connectivity index (χ0) is 15.8. The fourth-order valence-corrected chi connectivity index (χ4v) is 2.47. The predicted molar refractivity (Wildman–Crippen MR) is 88.9 cm³/mol. The molecule has 1 heterocycles. The molecule has 0 aliphatic heterocycles. The van der Waals surface area contributed by atoms with Crippen LogP contribution in [-0.4, -0.2) is 25.1 Å². The number of methoxy groups -OCH3 is 1. The van der Waals surface area contributed by atoms with E-state index in [-0.39, 0.29) is 0 Å². The summed E-state index contributed by atoms with van der Waals surface area (Å²) < 4.78 is 10.9. The molecule has 0 aliphatic carbocycles. The molecule has 0 fully saturated rings. The minimum atomic E-state index is 0.720. The summed E-state index contributed by atoms with van der Waals surface area (Å²) in [5, 5.41) is 3.38. The fraction of sp³-hybridized carbons (Fsp3) is 0.444. The first-order valence-electron chi connectivity index (χ1n) is 7.88. The van der Waals surface area contributed by atoms with Crippen LogP contribution >= 0.6 is 0 Å². The molecule has 22 heavy (non-hydrogen) atoms. The molecule has 120 valence electrons. The standard InChI is InChI=1S/C18H26N2O2/c1-4-20(5-2)14-15-8-9-16(18(11-15)21-3)12-19-13-17-7-6-10-22-17/h6-11,19H,4-5,12-14H2,1-3H3. The van der Waals surface area contributed by atoms with Crippen molar-refractivity contribution in [3.8, 4) is 5.75 Å². The van der Waals surface area contributed by atoms with Gasteiger partial charge >= 0.3 is 0 Å². The van der Waals surface area contributed by atoms with E-state index in [0.717, 1.165) is 49.8 Å². The molecule has 0 bridgehead atoms. The van der Waals surface area contributed by atoms with Crippen molar-refractivity contribution in [1.82, 2.24) is 10.2 Å². The van der Waals surface area contributed by atoms with Gasteiger partial charge < -0.3 is 14.5 Å². The summed E-state index contributed by atoms with van der Waals surface area (Å²) >= 11 is 0. The van der Waals surface area contributed by atoms with Gasteiger partial charge in [-0.15, -0.1) is 0 Å². The van der Waals surface area contributed by atoms with Gasteiger partial charge in [0, 0.05) is 18.7 Å². The maximum absolute atomic E-state index is 5.54. The summed E-state index contributed by atoms with van der Waals surface area (Å²) in [5.41, 5.74) is 2.45. The van der Waals surface area contributed by atoms with Gasteiger partial charge in [-0.05, 0) is 36.9 Å². The van der Waals surface area contributed by atoms with Crippen molar-refractivity contribution in [3.05, 3.63) is 53.5 Å². The highest BCUT2D eigenvalue weighted by Crippen LogP contribution is 2.21. The number of hydrogen-bond donors (Lipinski definition) is 1. The smallest absolute Gasteiger partial charge is 0.123 e. The molecule has 2 rings (SSSR count). The van der Waals surface area contributed by atoms with Crippen LogP contribution in [0.25, 0.3) is 0 Å². The maximum Gasteiger partial charge on any atom is 0.123 e. The Morgan fingerprint density at radius 3 is 2.59 bits per heavy atom. The molecule has 1 N–H and O–H groups in total. The van der Waals surface area contributed by atoms with Crippen LogP contribution in [0.15, 0.2) is 41.0 Å². The molecule has 4 nitrogen and oxygen atoms in total. The molecular formula is C18H26N2O2. The first-order chi connectivity index (χ1) is 10.8. The second-order valence-electron chi connectivity index (χ2n) is 5.29. The average molecular weight is 302 g/mol. The summed E-state index contributed by atoms with van der Waals surface area (Å²) in [4.78, 5) is 2.39. The Morgan fingerprint density at radius 1 is 1.14 bits per heavy atom. The van der Waals surface area contributed by atoms with Crippen LogP contribution in [0.3, 0.4) is 0 Å². The fourth-order valence-electron chi connectivity index (χ4n) is 2.47. The van der Waals surface area contributed by atoms with Gasteiger partial charge in [0.05, 0.1) is 19.9 Å². The van der Waals surface area contributed by atoms with Crippen molar-refractivity contribution < 1.29 is 9.15 Å². The van der Waals surface area contributed by atoms with Gasteiger partial charge in [0.2, 0.25) is 0 Å². The highest BCUT2D eigenvalue weighted by Gasteiger charge is 2.07. The summed E-state index contributed by atoms with van der Waals surface area (Å²) in [6.45, 7) is 8.94. The van der Waals surface area contributed by atoms with Crippen LogP contribution in [0.4, 0.5) is 0 Å².